The predicted octanol–water partition coefficient (Wildman–Crippen LogP) is 1.27. The van der Waals surface area contributed by atoms with Crippen LogP contribution in [-0.2, 0) is 4.79 Å². The highest BCUT2D eigenvalue weighted by Gasteiger charge is 2.10. The Labute approximate surface area is 93.2 Å². The van der Waals surface area contributed by atoms with E-state index in [-0.39, 0.29) is 5.91 Å². The molecular formula is C11H25N3O. The zero-order valence-electron chi connectivity index (χ0n) is 10.3. The van der Waals surface area contributed by atoms with Crippen LogP contribution in [0.3, 0.4) is 0 Å². The van der Waals surface area contributed by atoms with E-state index in [2.05, 4.69) is 31.1 Å². The van der Waals surface area contributed by atoms with Crippen molar-refractivity contribution in [2.24, 2.45) is 5.84 Å². The molecule has 1 amide bonds. The van der Waals surface area contributed by atoms with Gasteiger partial charge >= 0.3 is 0 Å². The predicted molar refractivity (Wildman–Crippen MR) is 63.2 cm³/mol. The second-order valence-corrected chi connectivity index (χ2v) is 4.15. The number of hydrazine groups is 1. The fraction of sp³-hybridized carbons (Fsp3) is 0.909. The zero-order valence-corrected chi connectivity index (χ0v) is 10.3. The van der Waals surface area contributed by atoms with Crippen molar-refractivity contribution in [3.63, 3.8) is 0 Å². The molecule has 0 rings (SSSR count). The van der Waals surface area contributed by atoms with Crippen molar-refractivity contribution in [1.82, 2.24) is 10.3 Å². The molecule has 4 nitrogen and oxygen atoms in total. The summed E-state index contributed by atoms with van der Waals surface area (Å²) in [6.07, 6.45) is 4.18. The molecule has 4 heteroatoms. The van der Waals surface area contributed by atoms with Gasteiger partial charge in [-0.2, -0.15) is 0 Å². The smallest absolute Gasteiger partial charge is 0.235 e. The van der Waals surface area contributed by atoms with Gasteiger partial charge in [-0.25, -0.2) is 5.84 Å². The maximum absolute atomic E-state index is 11.0. The van der Waals surface area contributed by atoms with Crippen molar-refractivity contribution >= 4 is 5.91 Å². The number of carbonyl (C=O) groups excluding carboxylic acids is 1. The van der Waals surface area contributed by atoms with Crippen LogP contribution in [0.5, 0.6) is 0 Å². The first-order chi connectivity index (χ1) is 7.11. The van der Waals surface area contributed by atoms with E-state index in [0.717, 1.165) is 13.1 Å². The third-order valence-electron chi connectivity index (χ3n) is 2.57. The third-order valence-corrected chi connectivity index (χ3v) is 2.57. The second-order valence-electron chi connectivity index (χ2n) is 4.15. The van der Waals surface area contributed by atoms with E-state index in [9.17, 15) is 4.79 Å². The first kappa shape index (κ1) is 14.4. The summed E-state index contributed by atoms with van der Waals surface area (Å²) in [5.41, 5.74) is 2.16. The molecule has 0 aromatic carbocycles. The van der Waals surface area contributed by atoms with Gasteiger partial charge in [0.2, 0.25) is 5.91 Å². The molecule has 0 fully saturated rings. The number of nitrogens with one attached hydrogen (secondary N) is 1. The van der Waals surface area contributed by atoms with Gasteiger partial charge in [-0.3, -0.25) is 10.2 Å². The molecule has 0 bridgehead atoms. The number of carbonyl (C=O) groups is 1. The number of unbranched alkanes of at least 4 members (excludes halogenated alkanes) is 2. The minimum absolute atomic E-state index is 0.0869. The van der Waals surface area contributed by atoms with Gasteiger partial charge in [0.15, 0.2) is 0 Å². The van der Waals surface area contributed by atoms with Crippen LogP contribution in [0.4, 0.5) is 0 Å². The number of nitrogens with zero attached hydrogens (tertiary/aromatic N) is 1. The van der Waals surface area contributed by atoms with Crippen LogP contribution in [0, 0.1) is 0 Å². The lowest BCUT2D eigenvalue weighted by Crippen LogP contribution is -2.37. The van der Waals surface area contributed by atoms with E-state index in [1.54, 1.807) is 0 Å². The van der Waals surface area contributed by atoms with Crippen molar-refractivity contribution in [3.05, 3.63) is 0 Å². The largest absolute Gasteiger partial charge is 0.300 e. The van der Waals surface area contributed by atoms with Gasteiger partial charge in [-0.05, 0) is 26.8 Å². The molecule has 0 aliphatic rings. The van der Waals surface area contributed by atoms with Crippen molar-refractivity contribution in [3.8, 4) is 0 Å². The first-order valence-electron chi connectivity index (χ1n) is 5.85. The van der Waals surface area contributed by atoms with Gasteiger partial charge in [-0.1, -0.05) is 19.8 Å². The first-order valence-corrected chi connectivity index (χ1v) is 5.85. The Hall–Kier alpha value is -0.610. The third kappa shape index (κ3) is 7.33. The fourth-order valence-corrected chi connectivity index (χ4v) is 1.51. The molecule has 90 valence electrons. The van der Waals surface area contributed by atoms with Crippen LogP contribution in [-0.4, -0.2) is 29.9 Å². The van der Waals surface area contributed by atoms with Crippen LogP contribution in [0.2, 0.25) is 0 Å². The Balaban J connectivity index is 3.78. The van der Waals surface area contributed by atoms with Crippen LogP contribution in [0.15, 0.2) is 0 Å². The molecule has 3 N–H and O–H groups in total. The lowest BCUT2D eigenvalue weighted by Gasteiger charge is -2.25. The van der Waals surface area contributed by atoms with Gasteiger partial charge in [0, 0.05) is 19.0 Å². The summed E-state index contributed by atoms with van der Waals surface area (Å²) in [5, 5.41) is 0. The molecule has 0 aliphatic carbocycles. The molecule has 15 heavy (non-hydrogen) atoms. The molecule has 0 aromatic heterocycles. The topological polar surface area (TPSA) is 58.4 Å². The Morgan fingerprint density at radius 2 is 2.00 bits per heavy atom. The summed E-state index contributed by atoms with van der Waals surface area (Å²) in [6.45, 7) is 8.38. The lowest BCUT2D eigenvalue weighted by atomic mass is 10.2. The quantitative estimate of drug-likeness (QED) is 0.277. The molecule has 0 saturated carbocycles. The summed E-state index contributed by atoms with van der Waals surface area (Å²) < 4.78 is 0. The number of amides is 1. The standard InChI is InChI=1S/C11H25N3O/c1-4-5-6-8-14(10(2)3)9-7-11(15)13-12/h10H,4-9,12H2,1-3H3,(H,13,15). The highest BCUT2D eigenvalue weighted by Crippen LogP contribution is 2.04. The minimum atomic E-state index is -0.0869. The highest BCUT2D eigenvalue weighted by molar-refractivity contribution is 5.75. The highest BCUT2D eigenvalue weighted by atomic mass is 16.2. The average molecular weight is 215 g/mol. The fourth-order valence-electron chi connectivity index (χ4n) is 1.51. The average Bonchev–Trinajstić information content (AvgIpc) is 2.22. The minimum Gasteiger partial charge on any atom is -0.300 e. The van der Waals surface area contributed by atoms with Crippen molar-refractivity contribution < 1.29 is 4.79 Å². The van der Waals surface area contributed by atoms with Crippen LogP contribution < -0.4 is 11.3 Å². The normalized spacial score (nSPS) is 11.1. The Morgan fingerprint density at radius 3 is 2.47 bits per heavy atom. The van der Waals surface area contributed by atoms with Gasteiger partial charge in [-0.15, -0.1) is 0 Å². The maximum atomic E-state index is 11.0. The SMILES string of the molecule is CCCCCN(CCC(=O)NN)C(C)C. The molecule has 0 saturated heterocycles. The monoisotopic (exact) mass is 215 g/mol. The molecule has 0 unspecified atom stereocenters. The van der Waals surface area contributed by atoms with E-state index in [1.165, 1.54) is 19.3 Å². The molecule has 0 aliphatic heterocycles. The molecular weight excluding hydrogens is 190 g/mol. The molecule has 0 radical (unpaired) electrons. The van der Waals surface area contributed by atoms with Crippen molar-refractivity contribution in [2.45, 2.75) is 52.5 Å². The van der Waals surface area contributed by atoms with Crippen molar-refractivity contribution in [1.29, 1.82) is 0 Å². The van der Waals surface area contributed by atoms with Crippen LogP contribution in [0.1, 0.15) is 46.5 Å². The van der Waals surface area contributed by atoms with E-state index in [0.29, 0.717) is 12.5 Å². The summed E-state index contributed by atoms with van der Waals surface area (Å²) in [7, 11) is 0. The molecule has 0 spiro atoms. The van der Waals surface area contributed by atoms with E-state index in [1.807, 2.05) is 0 Å². The van der Waals surface area contributed by atoms with E-state index >= 15 is 0 Å². The van der Waals surface area contributed by atoms with E-state index < -0.39 is 0 Å². The van der Waals surface area contributed by atoms with Crippen LogP contribution >= 0.6 is 0 Å². The van der Waals surface area contributed by atoms with Gasteiger partial charge in [0.05, 0.1) is 0 Å². The number of nitrogens with two attached hydrogens (primary N) is 1. The molecule has 0 atom stereocenters. The zero-order chi connectivity index (χ0) is 11.7. The lowest BCUT2D eigenvalue weighted by molar-refractivity contribution is -0.121. The maximum Gasteiger partial charge on any atom is 0.235 e. The van der Waals surface area contributed by atoms with Crippen molar-refractivity contribution in [2.75, 3.05) is 13.1 Å². The van der Waals surface area contributed by atoms with Gasteiger partial charge in [0.25, 0.3) is 0 Å². The second kappa shape index (κ2) is 8.68. The number of hydrogen-bond donors (Lipinski definition) is 2. The summed E-state index contributed by atoms with van der Waals surface area (Å²) >= 11 is 0. The van der Waals surface area contributed by atoms with Gasteiger partial charge in [0.1, 0.15) is 0 Å². The summed E-state index contributed by atoms with van der Waals surface area (Å²) in [6, 6.07) is 0.493. The molecule has 0 heterocycles. The summed E-state index contributed by atoms with van der Waals surface area (Å²) in [4.78, 5) is 13.3. The number of rotatable bonds is 8. The molecule has 0 aromatic rings. The Kier molecular flexibility index (Phi) is 8.33. The summed E-state index contributed by atoms with van der Waals surface area (Å²) in [5.74, 6) is 4.95. The van der Waals surface area contributed by atoms with E-state index in [4.69, 9.17) is 5.84 Å². The van der Waals surface area contributed by atoms with Crippen LogP contribution in [0.25, 0.3) is 0 Å². The number of hydrogen-bond acceptors (Lipinski definition) is 3. The Morgan fingerprint density at radius 1 is 1.33 bits per heavy atom. The van der Waals surface area contributed by atoms with Gasteiger partial charge < -0.3 is 4.90 Å². The Bertz CT molecular complexity index is 171.